The smallest absolute Gasteiger partial charge is 0.180 e. The Morgan fingerprint density at radius 2 is 2.44 bits per heavy atom. The first-order valence-electron chi connectivity index (χ1n) is 2.64. The summed E-state index contributed by atoms with van der Waals surface area (Å²) in [5, 5.41) is 8.73. The Kier molecular flexibility index (Phi) is 1.89. The summed E-state index contributed by atoms with van der Waals surface area (Å²) in [5.41, 5.74) is 0. The van der Waals surface area contributed by atoms with Gasteiger partial charge in [-0.15, -0.1) is 10.2 Å². The predicted octanol–water partition coefficient (Wildman–Crippen LogP) is 0.913. The fourth-order valence-corrected chi connectivity index (χ4v) is 1.05. The normalized spacial score (nSPS) is 9.44. The number of carbonyl (C=O) groups excluding carboxylic acids is 1. The van der Waals surface area contributed by atoms with E-state index in [9.17, 15) is 4.79 Å². The van der Waals surface area contributed by atoms with Crippen LogP contribution in [0.15, 0.2) is 0 Å². The van der Waals surface area contributed by atoms with Gasteiger partial charge in [-0.3, -0.25) is 4.79 Å². The molecular weight excluding hydrogens is 136 g/mol. The summed E-state index contributed by atoms with van der Waals surface area (Å²) in [7, 11) is 0. The second-order valence-corrected chi connectivity index (χ2v) is 2.60. The summed E-state index contributed by atoms with van der Waals surface area (Å²) >= 11 is 1.34. The third-order valence-corrected chi connectivity index (χ3v) is 1.88. The summed E-state index contributed by atoms with van der Waals surface area (Å²) in [5.74, 6) is 0. The van der Waals surface area contributed by atoms with Crippen molar-refractivity contribution in [2.45, 2.75) is 13.3 Å². The van der Waals surface area contributed by atoms with E-state index in [-0.39, 0.29) is 0 Å². The third kappa shape index (κ3) is 1.32. The fourth-order valence-electron chi connectivity index (χ4n) is 0.457. The van der Waals surface area contributed by atoms with Crippen molar-refractivity contribution in [1.82, 2.24) is 10.2 Å². The molecule has 0 saturated carbocycles. The second-order valence-electron chi connectivity index (χ2n) is 1.51. The first-order valence-corrected chi connectivity index (χ1v) is 3.46. The van der Waals surface area contributed by atoms with Gasteiger partial charge in [0.15, 0.2) is 11.3 Å². The van der Waals surface area contributed by atoms with Crippen LogP contribution in [0.4, 0.5) is 0 Å². The van der Waals surface area contributed by atoms with Crippen LogP contribution in [0.2, 0.25) is 0 Å². The number of aromatic nitrogens is 2. The standard InChI is InChI=1S/C5H6N2OS/c1-2-4-6-7-5(3-8)9-4/h3H,2H2,1H3. The van der Waals surface area contributed by atoms with Crippen LogP contribution in [0, 0.1) is 0 Å². The topological polar surface area (TPSA) is 42.9 Å². The number of rotatable bonds is 2. The van der Waals surface area contributed by atoms with Crippen LogP contribution in [-0.4, -0.2) is 16.5 Å². The molecule has 0 unspecified atom stereocenters. The molecule has 0 atom stereocenters. The average Bonchev–Trinajstić information content (AvgIpc) is 2.34. The monoisotopic (exact) mass is 142 g/mol. The molecule has 0 radical (unpaired) electrons. The van der Waals surface area contributed by atoms with E-state index < -0.39 is 0 Å². The maximum Gasteiger partial charge on any atom is 0.180 e. The Morgan fingerprint density at radius 3 is 2.78 bits per heavy atom. The van der Waals surface area contributed by atoms with Crippen LogP contribution in [0.25, 0.3) is 0 Å². The van der Waals surface area contributed by atoms with Crippen LogP contribution in [0.5, 0.6) is 0 Å². The van der Waals surface area contributed by atoms with Crippen molar-refractivity contribution < 1.29 is 4.79 Å². The predicted molar refractivity (Wildman–Crippen MR) is 34.7 cm³/mol. The first-order chi connectivity index (χ1) is 4.36. The summed E-state index contributed by atoms with van der Waals surface area (Å²) in [6.45, 7) is 1.98. The van der Waals surface area contributed by atoms with Crippen molar-refractivity contribution in [3.63, 3.8) is 0 Å². The SMILES string of the molecule is CCc1nnc(C=O)s1. The largest absolute Gasteiger partial charge is 0.295 e. The van der Waals surface area contributed by atoms with Crippen LogP contribution in [0.1, 0.15) is 21.7 Å². The van der Waals surface area contributed by atoms with Crippen molar-refractivity contribution in [3.8, 4) is 0 Å². The van der Waals surface area contributed by atoms with E-state index in [1.165, 1.54) is 11.3 Å². The number of aryl methyl sites for hydroxylation is 1. The van der Waals surface area contributed by atoms with Gasteiger partial charge in [0.1, 0.15) is 5.01 Å². The van der Waals surface area contributed by atoms with E-state index in [2.05, 4.69) is 10.2 Å². The summed E-state index contributed by atoms with van der Waals surface area (Å²) in [6.07, 6.45) is 1.57. The Bertz CT molecular complexity index is 208. The zero-order valence-electron chi connectivity index (χ0n) is 5.00. The first kappa shape index (κ1) is 6.35. The van der Waals surface area contributed by atoms with Gasteiger partial charge in [-0.25, -0.2) is 0 Å². The van der Waals surface area contributed by atoms with Crippen molar-refractivity contribution in [3.05, 3.63) is 10.0 Å². The molecule has 9 heavy (non-hydrogen) atoms. The molecule has 0 aliphatic carbocycles. The van der Waals surface area contributed by atoms with E-state index in [1.54, 1.807) is 0 Å². The van der Waals surface area contributed by atoms with Gasteiger partial charge in [-0.1, -0.05) is 18.3 Å². The summed E-state index contributed by atoms with van der Waals surface area (Å²) < 4.78 is 0. The molecule has 1 rings (SSSR count). The highest BCUT2D eigenvalue weighted by Gasteiger charge is 1.97. The molecule has 0 spiro atoms. The van der Waals surface area contributed by atoms with Gasteiger partial charge in [0, 0.05) is 0 Å². The van der Waals surface area contributed by atoms with Gasteiger partial charge >= 0.3 is 0 Å². The van der Waals surface area contributed by atoms with Crippen molar-refractivity contribution in [2.75, 3.05) is 0 Å². The molecule has 0 N–H and O–H groups in total. The average molecular weight is 142 g/mol. The van der Waals surface area contributed by atoms with E-state index in [1.807, 2.05) is 6.92 Å². The second kappa shape index (κ2) is 2.68. The molecule has 0 saturated heterocycles. The van der Waals surface area contributed by atoms with Crippen LogP contribution >= 0.6 is 11.3 Å². The summed E-state index contributed by atoms with van der Waals surface area (Å²) in [6, 6.07) is 0. The number of carbonyl (C=O) groups is 1. The van der Waals surface area contributed by atoms with E-state index >= 15 is 0 Å². The van der Waals surface area contributed by atoms with Gasteiger partial charge in [-0.2, -0.15) is 0 Å². The van der Waals surface area contributed by atoms with Crippen LogP contribution < -0.4 is 0 Å². The van der Waals surface area contributed by atoms with Gasteiger partial charge < -0.3 is 0 Å². The lowest BCUT2D eigenvalue weighted by molar-refractivity contribution is 0.112. The lowest BCUT2D eigenvalue weighted by Crippen LogP contribution is -1.76. The number of aldehydes is 1. The highest BCUT2D eigenvalue weighted by atomic mass is 32.1. The van der Waals surface area contributed by atoms with Crippen LogP contribution in [0.3, 0.4) is 0 Å². The zero-order valence-corrected chi connectivity index (χ0v) is 5.81. The number of hydrogen-bond acceptors (Lipinski definition) is 4. The Labute approximate surface area is 56.7 Å². The Hall–Kier alpha value is -0.770. The molecule has 1 heterocycles. The quantitative estimate of drug-likeness (QED) is 0.576. The van der Waals surface area contributed by atoms with E-state index in [4.69, 9.17) is 0 Å². The lowest BCUT2D eigenvalue weighted by Gasteiger charge is -1.75. The zero-order chi connectivity index (χ0) is 6.69. The van der Waals surface area contributed by atoms with Gasteiger partial charge in [0.25, 0.3) is 0 Å². The molecule has 0 aromatic carbocycles. The maximum absolute atomic E-state index is 10.0. The fraction of sp³-hybridized carbons (Fsp3) is 0.400. The minimum Gasteiger partial charge on any atom is -0.295 e. The molecule has 4 heteroatoms. The van der Waals surface area contributed by atoms with E-state index in [0.29, 0.717) is 5.01 Å². The molecule has 0 amide bonds. The van der Waals surface area contributed by atoms with E-state index in [0.717, 1.165) is 17.7 Å². The lowest BCUT2D eigenvalue weighted by atomic mass is 10.5. The Morgan fingerprint density at radius 1 is 1.67 bits per heavy atom. The molecule has 0 bridgehead atoms. The third-order valence-electron chi connectivity index (χ3n) is 0.886. The molecule has 1 aromatic heterocycles. The molecule has 0 aliphatic heterocycles. The molecule has 0 fully saturated rings. The number of hydrogen-bond donors (Lipinski definition) is 0. The van der Waals surface area contributed by atoms with Crippen molar-refractivity contribution in [2.24, 2.45) is 0 Å². The summed E-state index contributed by atoms with van der Waals surface area (Å²) in [4.78, 5) is 10.0. The minimum absolute atomic E-state index is 0.465. The number of nitrogens with zero attached hydrogens (tertiary/aromatic N) is 2. The van der Waals surface area contributed by atoms with Crippen LogP contribution in [-0.2, 0) is 6.42 Å². The highest BCUT2D eigenvalue weighted by Crippen LogP contribution is 2.06. The molecular formula is C5H6N2OS. The van der Waals surface area contributed by atoms with Crippen molar-refractivity contribution in [1.29, 1.82) is 0 Å². The molecule has 0 aliphatic rings. The van der Waals surface area contributed by atoms with Gasteiger partial charge in [0.2, 0.25) is 0 Å². The molecule has 3 nitrogen and oxygen atoms in total. The van der Waals surface area contributed by atoms with Gasteiger partial charge in [-0.05, 0) is 6.42 Å². The van der Waals surface area contributed by atoms with Gasteiger partial charge in [0.05, 0.1) is 0 Å². The molecule has 1 aromatic rings. The maximum atomic E-state index is 10.0. The highest BCUT2D eigenvalue weighted by molar-refractivity contribution is 7.12. The van der Waals surface area contributed by atoms with Crippen molar-refractivity contribution >= 4 is 17.6 Å². The Balaban J connectivity index is 2.86. The molecule has 48 valence electrons. The minimum atomic E-state index is 0.465.